The van der Waals surface area contributed by atoms with Crippen LogP contribution in [-0.2, 0) is 15.4 Å². The summed E-state index contributed by atoms with van der Waals surface area (Å²) in [5, 5.41) is 16.2. The third-order valence-corrected chi connectivity index (χ3v) is 6.70. The van der Waals surface area contributed by atoms with Gasteiger partial charge in [-0.3, -0.25) is 0 Å². The fraction of sp³-hybridized carbons (Fsp3) is 0.526. The summed E-state index contributed by atoms with van der Waals surface area (Å²) in [6.45, 7) is 5.43. The smallest absolute Gasteiger partial charge is 0.242 e. The highest BCUT2D eigenvalue weighted by molar-refractivity contribution is 7.89. The van der Waals surface area contributed by atoms with Crippen molar-refractivity contribution in [2.24, 2.45) is 5.92 Å². The van der Waals surface area contributed by atoms with Gasteiger partial charge in [0.15, 0.2) is 5.82 Å². The minimum Gasteiger partial charge on any atom is -0.381 e. The number of nitrogens with zero attached hydrogens (tertiary/aromatic N) is 3. The van der Waals surface area contributed by atoms with Crippen LogP contribution in [0.3, 0.4) is 0 Å². The molecule has 0 radical (unpaired) electrons. The van der Waals surface area contributed by atoms with Crippen molar-refractivity contribution in [2.45, 2.75) is 56.4 Å². The molecule has 8 nitrogen and oxygen atoms in total. The zero-order valence-electron chi connectivity index (χ0n) is 16.6. The zero-order chi connectivity index (χ0) is 21.2. The lowest BCUT2D eigenvalue weighted by molar-refractivity contribution is 0.288. The van der Waals surface area contributed by atoms with Gasteiger partial charge in [0.1, 0.15) is 4.90 Å². The predicted octanol–water partition coefficient (Wildman–Crippen LogP) is 3.39. The van der Waals surface area contributed by atoms with Crippen LogP contribution in [0.25, 0.3) is 0 Å². The molecule has 2 aromatic rings. The summed E-state index contributed by atoms with van der Waals surface area (Å²) in [7, 11) is -3.84. The van der Waals surface area contributed by atoms with Crippen LogP contribution >= 0.6 is 11.6 Å². The first-order valence-electron chi connectivity index (χ1n) is 9.34. The van der Waals surface area contributed by atoms with Gasteiger partial charge in [-0.2, -0.15) is 10.2 Å². The Morgan fingerprint density at radius 1 is 1.38 bits per heavy atom. The molecule has 1 fully saturated rings. The average molecular weight is 438 g/mol. The highest BCUT2D eigenvalue weighted by atomic mass is 35.5. The summed E-state index contributed by atoms with van der Waals surface area (Å²) < 4.78 is 33.9. The second-order valence-corrected chi connectivity index (χ2v) is 10.2. The lowest BCUT2D eigenvalue weighted by Gasteiger charge is -2.35. The van der Waals surface area contributed by atoms with Crippen LogP contribution in [0, 0.1) is 24.2 Å². The van der Waals surface area contributed by atoms with Gasteiger partial charge in [0.25, 0.3) is 0 Å². The van der Waals surface area contributed by atoms with E-state index in [1.54, 1.807) is 19.1 Å². The van der Waals surface area contributed by atoms with E-state index in [9.17, 15) is 8.42 Å². The van der Waals surface area contributed by atoms with Gasteiger partial charge in [0.2, 0.25) is 15.9 Å². The largest absolute Gasteiger partial charge is 0.381 e. The summed E-state index contributed by atoms with van der Waals surface area (Å²) in [6, 6.07) is 7.07. The van der Waals surface area contributed by atoms with Crippen LogP contribution in [0.4, 0.5) is 5.69 Å². The Balaban J connectivity index is 1.74. The molecule has 0 bridgehead atoms. The summed E-state index contributed by atoms with van der Waals surface area (Å²) in [6.07, 6.45) is 2.20. The Hall–Kier alpha value is -2.15. The van der Waals surface area contributed by atoms with Gasteiger partial charge in [0, 0.05) is 24.0 Å². The van der Waals surface area contributed by atoms with Crippen molar-refractivity contribution in [1.29, 1.82) is 5.26 Å². The van der Waals surface area contributed by atoms with E-state index in [4.69, 9.17) is 21.4 Å². The molecule has 0 unspecified atom stereocenters. The van der Waals surface area contributed by atoms with Gasteiger partial charge >= 0.3 is 0 Å². The first kappa shape index (κ1) is 21.6. The molecule has 0 atom stereocenters. The van der Waals surface area contributed by atoms with Crippen LogP contribution in [0.15, 0.2) is 27.6 Å². The SMILES string of the molecule is Cc1noc(C(C)(C)CNS(=O)(=O)c2cc(Cl)ccc2NC2CC(CC#N)C2)n1. The molecule has 29 heavy (non-hydrogen) atoms. The van der Waals surface area contributed by atoms with Crippen molar-refractivity contribution in [1.82, 2.24) is 14.9 Å². The number of sulfonamides is 1. The summed E-state index contributed by atoms with van der Waals surface area (Å²) in [4.78, 5) is 4.29. The Morgan fingerprint density at radius 3 is 2.72 bits per heavy atom. The third-order valence-electron chi connectivity index (χ3n) is 5.02. The second-order valence-electron chi connectivity index (χ2n) is 8.04. The Bertz CT molecular complexity index is 1020. The number of aryl methyl sites for hydroxylation is 1. The molecular weight excluding hydrogens is 414 g/mol. The first-order chi connectivity index (χ1) is 13.6. The van der Waals surface area contributed by atoms with Crippen molar-refractivity contribution in [3.05, 3.63) is 34.9 Å². The van der Waals surface area contributed by atoms with Crippen molar-refractivity contribution in [2.75, 3.05) is 11.9 Å². The Kier molecular flexibility index (Phi) is 6.17. The number of nitrogens with one attached hydrogen (secondary N) is 2. The van der Waals surface area contributed by atoms with E-state index in [1.165, 1.54) is 6.07 Å². The number of nitriles is 1. The number of hydrogen-bond acceptors (Lipinski definition) is 7. The zero-order valence-corrected chi connectivity index (χ0v) is 18.1. The minimum absolute atomic E-state index is 0.0800. The second kappa shape index (κ2) is 8.30. The molecule has 1 aliphatic rings. The molecule has 10 heteroatoms. The summed E-state index contributed by atoms with van der Waals surface area (Å²) in [5.41, 5.74) is -0.187. The van der Waals surface area contributed by atoms with Crippen molar-refractivity contribution in [3.63, 3.8) is 0 Å². The number of benzene rings is 1. The molecule has 1 aliphatic carbocycles. The van der Waals surface area contributed by atoms with E-state index in [-0.39, 0.29) is 17.5 Å². The summed E-state index contributed by atoms with van der Waals surface area (Å²) in [5.74, 6) is 1.22. The fourth-order valence-electron chi connectivity index (χ4n) is 3.21. The van der Waals surface area contributed by atoms with Gasteiger partial charge in [-0.25, -0.2) is 13.1 Å². The number of rotatable bonds is 8. The quantitative estimate of drug-likeness (QED) is 0.649. The molecule has 1 saturated carbocycles. The number of aromatic nitrogens is 2. The van der Waals surface area contributed by atoms with Gasteiger partial charge in [-0.15, -0.1) is 0 Å². The fourth-order valence-corrected chi connectivity index (χ4v) is 4.85. The first-order valence-corrected chi connectivity index (χ1v) is 11.2. The molecular formula is C19H24ClN5O3S. The molecule has 0 saturated heterocycles. The van der Waals surface area contributed by atoms with Gasteiger partial charge in [0.05, 0.1) is 17.2 Å². The van der Waals surface area contributed by atoms with E-state index in [2.05, 4.69) is 26.2 Å². The maximum atomic E-state index is 13.0. The van der Waals surface area contributed by atoms with E-state index < -0.39 is 15.4 Å². The van der Waals surface area contributed by atoms with Crippen molar-refractivity contribution >= 4 is 27.3 Å². The van der Waals surface area contributed by atoms with Gasteiger partial charge in [-0.1, -0.05) is 16.8 Å². The molecule has 3 rings (SSSR count). The van der Waals surface area contributed by atoms with Crippen molar-refractivity contribution in [3.8, 4) is 6.07 Å². The summed E-state index contributed by atoms with van der Waals surface area (Å²) >= 11 is 6.07. The van der Waals surface area contributed by atoms with Crippen LogP contribution in [0.1, 0.15) is 44.8 Å². The Labute approximate surface area is 175 Å². The van der Waals surface area contributed by atoms with E-state index in [0.29, 0.717) is 34.8 Å². The molecule has 1 aromatic carbocycles. The monoisotopic (exact) mass is 437 g/mol. The number of anilines is 1. The van der Waals surface area contributed by atoms with E-state index >= 15 is 0 Å². The van der Waals surface area contributed by atoms with Crippen molar-refractivity contribution < 1.29 is 12.9 Å². The minimum atomic E-state index is -3.84. The van der Waals surface area contributed by atoms with Crippen LogP contribution in [0.2, 0.25) is 5.02 Å². The molecule has 0 spiro atoms. The molecule has 156 valence electrons. The molecule has 0 aliphatic heterocycles. The lowest BCUT2D eigenvalue weighted by Crippen LogP contribution is -2.38. The maximum absolute atomic E-state index is 13.0. The van der Waals surface area contributed by atoms with Crippen LogP contribution in [0.5, 0.6) is 0 Å². The highest BCUT2D eigenvalue weighted by Gasteiger charge is 2.32. The molecule has 1 aromatic heterocycles. The van der Waals surface area contributed by atoms with Gasteiger partial charge < -0.3 is 9.84 Å². The lowest BCUT2D eigenvalue weighted by atomic mass is 9.78. The third kappa shape index (κ3) is 5.07. The van der Waals surface area contributed by atoms with E-state index in [1.807, 2.05) is 13.8 Å². The normalized spacial score (nSPS) is 19.4. The molecule has 0 amide bonds. The topological polar surface area (TPSA) is 121 Å². The predicted molar refractivity (Wildman–Crippen MR) is 109 cm³/mol. The van der Waals surface area contributed by atoms with E-state index in [0.717, 1.165) is 12.8 Å². The average Bonchev–Trinajstić information content (AvgIpc) is 3.07. The Morgan fingerprint density at radius 2 is 2.10 bits per heavy atom. The highest BCUT2D eigenvalue weighted by Crippen LogP contribution is 2.35. The number of hydrogen-bond donors (Lipinski definition) is 2. The molecule has 1 heterocycles. The molecule has 2 N–H and O–H groups in total. The maximum Gasteiger partial charge on any atom is 0.242 e. The van der Waals surface area contributed by atoms with Crippen LogP contribution < -0.4 is 10.0 Å². The van der Waals surface area contributed by atoms with Crippen LogP contribution in [-0.4, -0.2) is 31.1 Å². The van der Waals surface area contributed by atoms with Gasteiger partial charge in [-0.05, 0) is 57.7 Å². The standard InChI is InChI=1S/C19H24ClN5O3S/c1-12-23-18(28-25-12)19(2,3)11-22-29(26,27)17-10-14(20)4-5-16(17)24-15-8-13(9-15)6-7-21/h4-5,10,13,15,22,24H,6,8-9,11H2,1-3H3. The number of halogens is 1.